The van der Waals surface area contributed by atoms with Crippen molar-refractivity contribution in [2.45, 2.75) is 38.1 Å². The van der Waals surface area contributed by atoms with Gasteiger partial charge in [-0.3, -0.25) is 14.3 Å². The van der Waals surface area contributed by atoms with E-state index in [0.29, 0.717) is 12.3 Å². The van der Waals surface area contributed by atoms with Crippen LogP contribution >= 0.6 is 11.8 Å². The highest BCUT2D eigenvalue weighted by Crippen LogP contribution is 2.32. The number of aromatic nitrogens is 2. The molecule has 6 nitrogen and oxygen atoms in total. The van der Waals surface area contributed by atoms with Gasteiger partial charge in [0, 0.05) is 30.9 Å². The lowest BCUT2D eigenvalue weighted by Crippen LogP contribution is -2.40. The Morgan fingerprint density at radius 1 is 1.35 bits per heavy atom. The third-order valence-electron chi connectivity index (χ3n) is 4.50. The lowest BCUT2D eigenvalue weighted by atomic mass is 9.94. The van der Waals surface area contributed by atoms with E-state index in [0.717, 1.165) is 36.8 Å². The summed E-state index contributed by atoms with van der Waals surface area (Å²) in [6, 6.07) is 1.88. The van der Waals surface area contributed by atoms with Crippen molar-refractivity contribution in [3.8, 4) is 0 Å². The van der Waals surface area contributed by atoms with Crippen LogP contribution in [0.4, 0.5) is 0 Å². The van der Waals surface area contributed by atoms with E-state index in [4.69, 9.17) is 5.11 Å². The molecule has 1 saturated heterocycles. The molecular weight excluding hydrogens is 314 g/mol. The van der Waals surface area contributed by atoms with E-state index in [-0.39, 0.29) is 18.4 Å². The number of aliphatic carboxylic acids is 1. The first kappa shape index (κ1) is 16.4. The number of piperidine rings is 1. The monoisotopic (exact) mass is 337 g/mol. The zero-order valence-electron chi connectivity index (χ0n) is 13.2. The summed E-state index contributed by atoms with van der Waals surface area (Å²) in [5.74, 6) is 2.02. The van der Waals surface area contributed by atoms with Crippen LogP contribution in [0.15, 0.2) is 12.3 Å². The van der Waals surface area contributed by atoms with E-state index in [9.17, 15) is 9.59 Å². The van der Waals surface area contributed by atoms with Gasteiger partial charge in [-0.2, -0.15) is 16.9 Å². The van der Waals surface area contributed by atoms with E-state index in [2.05, 4.69) is 5.10 Å². The van der Waals surface area contributed by atoms with Crippen LogP contribution < -0.4 is 0 Å². The minimum absolute atomic E-state index is 0.121. The second kappa shape index (κ2) is 7.38. The number of amides is 1. The molecule has 3 rings (SSSR count). The van der Waals surface area contributed by atoms with Crippen LogP contribution in [0.5, 0.6) is 0 Å². The molecule has 1 atom stereocenters. The number of carboxylic acids is 1. The largest absolute Gasteiger partial charge is 0.480 e. The summed E-state index contributed by atoms with van der Waals surface area (Å²) in [6.45, 7) is 1.37. The molecule has 1 aliphatic heterocycles. The lowest BCUT2D eigenvalue weighted by Gasteiger charge is -2.33. The first-order chi connectivity index (χ1) is 11.1. The molecule has 1 N–H and O–H groups in total. The van der Waals surface area contributed by atoms with E-state index in [1.165, 1.54) is 12.8 Å². The maximum atomic E-state index is 12.4. The summed E-state index contributed by atoms with van der Waals surface area (Å²) in [5, 5.41) is 13.1. The zero-order valence-corrected chi connectivity index (χ0v) is 14.0. The fourth-order valence-electron chi connectivity index (χ4n) is 3.08. The van der Waals surface area contributed by atoms with Crippen molar-refractivity contribution in [1.29, 1.82) is 0 Å². The van der Waals surface area contributed by atoms with Crippen molar-refractivity contribution in [2.24, 2.45) is 5.92 Å². The third-order valence-corrected chi connectivity index (χ3v) is 5.66. The van der Waals surface area contributed by atoms with E-state index in [1.807, 2.05) is 11.0 Å². The molecule has 1 amide bonds. The first-order valence-corrected chi connectivity index (χ1v) is 9.38. The Bertz CT molecular complexity index is 571. The van der Waals surface area contributed by atoms with Gasteiger partial charge in [0.25, 0.3) is 0 Å². The summed E-state index contributed by atoms with van der Waals surface area (Å²) < 4.78 is 1.54. The van der Waals surface area contributed by atoms with Crippen LogP contribution in [0.2, 0.25) is 0 Å². The molecule has 0 aromatic carbocycles. The Labute approximate surface area is 140 Å². The number of hydrogen-bond acceptors (Lipinski definition) is 4. The molecule has 0 radical (unpaired) electrons. The Hall–Kier alpha value is -1.50. The second-order valence-corrected chi connectivity index (χ2v) is 7.48. The van der Waals surface area contributed by atoms with Gasteiger partial charge >= 0.3 is 5.97 Å². The number of thioether (sulfide) groups is 1. The van der Waals surface area contributed by atoms with E-state index < -0.39 is 5.97 Å². The third kappa shape index (κ3) is 4.50. The molecular formula is C16H23N3O3S. The number of carboxylic acid groups (broad SMARTS) is 1. The lowest BCUT2D eigenvalue weighted by molar-refractivity contribution is -0.138. The predicted molar refractivity (Wildman–Crippen MR) is 88.5 cm³/mol. The molecule has 1 aromatic rings. The van der Waals surface area contributed by atoms with Gasteiger partial charge in [0.05, 0.1) is 5.75 Å². The van der Waals surface area contributed by atoms with Crippen LogP contribution in [-0.4, -0.2) is 56.3 Å². The van der Waals surface area contributed by atoms with Crippen LogP contribution in [0.1, 0.15) is 37.3 Å². The van der Waals surface area contributed by atoms with Crippen LogP contribution in [0, 0.1) is 5.92 Å². The van der Waals surface area contributed by atoms with E-state index in [1.54, 1.807) is 22.6 Å². The number of carbonyl (C=O) groups is 2. The average Bonchev–Trinajstić information content (AvgIpc) is 3.24. The van der Waals surface area contributed by atoms with Crippen molar-refractivity contribution in [3.05, 3.63) is 18.0 Å². The highest BCUT2D eigenvalue weighted by atomic mass is 32.2. The van der Waals surface area contributed by atoms with Crippen molar-refractivity contribution < 1.29 is 14.7 Å². The number of rotatable bonds is 7. The molecule has 1 aromatic heterocycles. The van der Waals surface area contributed by atoms with Crippen LogP contribution in [-0.2, 0) is 16.1 Å². The predicted octanol–water partition coefficient (Wildman–Crippen LogP) is 1.82. The molecule has 7 heteroatoms. The molecule has 1 unspecified atom stereocenters. The van der Waals surface area contributed by atoms with Gasteiger partial charge in [-0.1, -0.05) is 0 Å². The van der Waals surface area contributed by atoms with Crippen molar-refractivity contribution in [3.63, 3.8) is 0 Å². The molecule has 0 spiro atoms. The van der Waals surface area contributed by atoms with Crippen LogP contribution in [0.25, 0.3) is 0 Å². The van der Waals surface area contributed by atoms with Crippen LogP contribution in [0.3, 0.4) is 0 Å². The number of nitrogens with zero attached hydrogens (tertiary/aromatic N) is 3. The van der Waals surface area contributed by atoms with E-state index >= 15 is 0 Å². The number of carbonyl (C=O) groups excluding carboxylic acids is 1. The second-order valence-electron chi connectivity index (χ2n) is 6.44. The van der Waals surface area contributed by atoms with Gasteiger partial charge < -0.3 is 10.0 Å². The fourth-order valence-corrected chi connectivity index (χ4v) is 4.23. The van der Waals surface area contributed by atoms with Gasteiger partial charge in [-0.25, -0.2) is 0 Å². The number of hydrogen-bond donors (Lipinski definition) is 1. The molecule has 2 heterocycles. The van der Waals surface area contributed by atoms with Crippen molar-refractivity contribution in [2.75, 3.05) is 24.6 Å². The molecule has 2 fully saturated rings. The highest BCUT2D eigenvalue weighted by molar-refractivity contribution is 7.99. The summed E-state index contributed by atoms with van der Waals surface area (Å²) in [7, 11) is 0. The summed E-state index contributed by atoms with van der Waals surface area (Å²) in [5.41, 5.74) is 0.926. The maximum absolute atomic E-state index is 12.4. The summed E-state index contributed by atoms with van der Waals surface area (Å²) >= 11 is 1.75. The maximum Gasteiger partial charge on any atom is 0.325 e. The average molecular weight is 337 g/mol. The van der Waals surface area contributed by atoms with Gasteiger partial charge in [0.2, 0.25) is 5.91 Å². The van der Waals surface area contributed by atoms with Gasteiger partial charge in [0.15, 0.2) is 0 Å². The smallest absolute Gasteiger partial charge is 0.325 e. The van der Waals surface area contributed by atoms with Crippen molar-refractivity contribution in [1.82, 2.24) is 14.7 Å². The SMILES string of the molecule is O=C(O)Cn1nccc1C1CCCN(C(=O)CSCC2CC2)C1. The molecule has 0 bridgehead atoms. The van der Waals surface area contributed by atoms with Crippen molar-refractivity contribution >= 4 is 23.6 Å². The Balaban J connectivity index is 1.55. The standard InChI is InChI=1S/C16H23N3O3S/c20-15(11-23-10-12-3-4-12)18-7-1-2-13(8-18)14-5-6-17-19(14)9-16(21)22/h5-6,12-13H,1-4,7-11H2,(H,21,22). The highest BCUT2D eigenvalue weighted by Gasteiger charge is 2.28. The molecule has 1 aliphatic carbocycles. The van der Waals surface area contributed by atoms with Gasteiger partial charge in [-0.15, -0.1) is 0 Å². The van der Waals surface area contributed by atoms with Gasteiger partial charge in [-0.05, 0) is 43.4 Å². The molecule has 126 valence electrons. The Kier molecular flexibility index (Phi) is 5.25. The number of likely N-dealkylation sites (tertiary alicyclic amines) is 1. The first-order valence-electron chi connectivity index (χ1n) is 8.22. The molecule has 2 aliphatic rings. The zero-order chi connectivity index (χ0) is 16.2. The minimum atomic E-state index is -0.893. The molecule has 23 heavy (non-hydrogen) atoms. The fraction of sp³-hybridized carbons (Fsp3) is 0.688. The molecule has 1 saturated carbocycles. The summed E-state index contributed by atoms with van der Waals surface area (Å²) in [6.07, 6.45) is 6.22. The quantitative estimate of drug-likeness (QED) is 0.821. The normalized spacial score (nSPS) is 21.4. The topological polar surface area (TPSA) is 75.4 Å². The minimum Gasteiger partial charge on any atom is -0.480 e. The Morgan fingerprint density at radius 3 is 2.91 bits per heavy atom. The summed E-state index contributed by atoms with van der Waals surface area (Å²) in [4.78, 5) is 25.2. The van der Waals surface area contributed by atoms with Gasteiger partial charge in [0.1, 0.15) is 6.54 Å². The Morgan fingerprint density at radius 2 is 2.17 bits per heavy atom.